The molecule has 1 aliphatic rings. The molecule has 1 aromatic carbocycles. The van der Waals surface area contributed by atoms with E-state index in [1.165, 1.54) is 24.7 Å². The first-order chi connectivity index (χ1) is 16.5. The van der Waals surface area contributed by atoms with E-state index in [0.29, 0.717) is 49.6 Å². The van der Waals surface area contributed by atoms with Crippen LogP contribution in [-0.4, -0.2) is 69.5 Å². The predicted molar refractivity (Wildman–Crippen MR) is 123 cm³/mol. The lowest BCUT2D eigenvalue weighted by Crippen LogP contribution is -2.51. The van der Waals surface area contributed by atoms with Crippen LogP contribution in [0.1, 0.15) is 15.9 Å². The number of ether oxygens (including phenoxy) is 1. The van der Waals surface area contributed by atoms with Gasteiger partial charge in [0, 0.05) is 62.8 Å². The third kappa shape index (κ3) is 5.76. The van der Waals surface area contributed by atoms with E-state index in [0.717, 1.165) is 0 Å². The molecule has 0 saturated carbocycles. The number of amides is 3. The summed E-state index contributed by atoms with van der Waals surface area (Å²) in [6.45, 7) is 1.67. The zero-order valence-electron chi connectivity index (χ0n) is 18.2. The Balaban J connectivity index is 1.28. The number of anilines is 1. The molecule has 9 nitrogen and oxygen atoms in total. The average molecular weight is 485 g/mol. The van der Waals surface area contributed by atoms with Gasteiger partial charge in [-0.3, -0.25) is 10.1 Å². The highest BCUT2D eigenvalue weighted by Crippen LogP contribution is 2.17. The molecule has 0 aliphatic carbocycles. The monoisotopic (exact) mass is 484 g/mol. The Kier molecular flexibility index (Phi) is 7.48. The number of rotatable bonds is 6. The molecule has 0 unspecified atom stereocenters. The van der Waals surface area contributed by atoms with E-state index in [4.69, 9.17) is 16.3 Å². The molecule has 4 rings (SSSR count). The van der Waals surface area contributed by atoms with E-state index in [1.807, 2.05) is 0 Å². The number of carbonyl (C=O) groups excluding carboxylic acids is 2. The van der Waals surface area contributed by atoms with Crippen molar-refractivity contribution in [3.8, 4) is 5.88 Å². The number of halogens is 2. The normalized spacial score (nSPS) is 13.5. The predicted octanol–water partition coefficient (Wildman–Crippen LogP) is 3.28. The topological polar surface area (TPSA) is 101 Å². The number of pyridine rings is 1. The number of carbonyl (C=O) groups is 2. The van der Waals surface area contributed by atoms with Crippen molar-refractivity contribution in [2.45, 2.75) is 6.42 Å². The molecule has 0 bridgehead atoms. The quantitative estimate of drug-likeness (QED) is 0.576. The fourth-order valence-electron chi connectivity index (χ4n) is 3.47. The SMILES string of the molecule is O=C(Nc1nccnc1Cl)N1CCN(C(=O)c2ccnc(OCCc3ccccc3F)c2)CC1. The van der Waals surface area contributed by atoms with Gasteiger partial charge in [-0.2, -0.15) is 0 Å². The maximum Gasteiger partial charge on any atom is 0.323 e. The Hall–Kier alpha value is -3.79. The summed E-state index contributed by atoms with van der Waals surface area (Å²) in [6.07, 6.45) is 4.75. The van der Waals surface area contributed by atoms with Gasteiger partial charge in [-0.05, 0) is 17.7 Å². The molecule has 0 radical (unpaired) electrons. The van der Waals surface area contributed by atoms with Crippen LogP contribution in [0.3, 0.4) is 0 Å². The van der Waals surface area contributed by atoms with Gasteiger partial charge in [-0.1, -0.05) is 29.8 Å². The van der Waals surface area contributed by atoms with Crippen molar-refractivity contribution >= 4 is 29.4 Å². The van der Waals surface area contributed by atoms with Gasteiger partial charge in [0.15, 0.2) is 11.0 Å². The number of hydrogen-bond donors (Lipinski definition) is 1. The van der Waals surface area contributed by atoms with Crippen molar-refractivity contribution in [2.75, 3.05) is 38.1 Å². The molecule has 11 heteroatoms. The van der Waals surface area contributed by atoms with Gasteiger partial charge in [0.1, 0.15) is 5.82 Å². The lowest BCUT2D eigenvalue weighted by molar-refractivity contribution is 0.0671. The number of nitrogens with one attached hydrogen (secondary N) is 1. The van der Waals surface area contributed by atoms with Crippen LogP contribution < -0.4 is 10.1 Å². The standard InChI is InChI=1S/C23H22ClFN6O3/c24-20-21(28-9-8-27-20)29-23(33)31-12-10-30(11-13-31)22(32)17-5-7-26-19(15-17)34-14-6-16-3-1-2-4-18(16)25/h1-5,7-9,15H,6,10-14H2,(H,28,29,33). The van der Waals surface area contributed by atoms with Crippen molar-refractivity contribution in [3.63, 3.8) is 0 Å². The zero-order chi connectivity index (χ0) is 23.9. The summed E-state index contributed by atoms with van der Waals surface area (Å²) in [6, 6.07) is 9.33. The van der Waals surface area contributed by atoms with E-state index >= 15 is 0 Å². The lowest BCUT2D eigenvalue weighted by Gasteiger charge is -2.34. The second-order valence-electron chi connectivity index (χ2n) is 7.48. The first kappa shape index (κ1) is 23.4. The summed E-state index contributed by atoms with van der Waals surface area (Å²) >= 11 is 5.93. The Morgan fingerprint density at radius 1 is 1.00 bits per heavy atom. The highest BCUT2D eigenvalue weighted by atomic mass is 35.5. The van der Waals surface area contributed by atoms with Gasteiger partial charge in [-0.15, -0.1) is 0 Å². The molecule has 1 N–H and O–H groups in total. The fraction of sp³-hybridized carbons (Fsp3) is 0.261. The van der Waals surface area contributed by atoms with Crippen LogP contribution in [0.25, 0.3) is 0 Å². The van der Waals surface area contributed by atoms with Crippen molar-refractivity contribution in [1.82, 2.24) is 24.8 Å². The van der Waals surface area contributed by atoms with Crippen molar-refractivity contribution in [1.29, 1.82) is 0 Å². The summed E-state index contributed by atoms with van der Waals surface area (Å²) in [5, 5.41) is 2.73. The first-order valence-corrected chi connectivity index (χ1v) is 11.0. The minimum atomic E-state index is -0.357. The van der Waals surface area contributed by atoms with Gasteiger partial charge in [0.05, 0.1) is 6.61 Å². The summed E-state index contributed by atoms with van der Waals surface area (Å²) in [5.74, 6) is 0.0158. The molecule has 1 saturated heterocycles. The second kappa shape index (κ2) is 10.9. The highest BCUT2D eigenvalue weighted by Gasteiger charge is 2.26. The minimum Gasteiger partial charge on any atom is -0.477 e. The average Bonchev–Trinajstić information content (AvgIpc) is 2.86. The van der Waals surface area contributed by atoms with Crippen LogP contribution in [0, 0.1) is 5.82 Å². The highest BCUT2D eigenvalue weighted by molar-refractivity contribution is 6.32. The zero-order valence-corrected chi connectivity index (χ0v) is 18.9. The van der Waals surface area contributed by atoms with Gasteiger partial charge >= 0.3 is 6.03 Å². The molecule has 1 fully saturated rings. The fourth-order valence-corrected chi connectivity index (χ4v) is 3.62. The second-order valence-corrected chi connectivity index (χ2v) is 7.84. The van der Waals surface area contributed by atoms with Crippen LogP contribution in [0.5, 0.6) is 5.88 Å². The van der Waals surface area contributed by atoms with Crippen LogP contribution in [0.15, 0.2) is 55.0 Å². The molecule has 176 valence electrons. The largest absolute Gasteiger partial charge is 0.477 e. The van der Waals surface area contributed by atoms with Gasteiger partial charge < -0.3 is 14.5 Å². The molecule has 0 spiro atoms. The molecular weight excluding hydrogens is 463 g/mol. The van der Waals surface area contributed by atoms with Gasteiger partial charge in [0.2, 0.25) is 5.88 Å². The third-order valence-electron chi connectivity index (χ3n) is 5.29. The number of nitrogens with zero attached hydrogens (tertiary/aromatic N) is 5. The number of benzene rings is 1. The summed E-state index contributed by atoms with van der Waals surface area (Å²) < 4.78 is 19.4. The van der Waals surface area contributed by atoms with E-state index in [2.05, 4.69) is 20.3 Å². The van der Waals surface area contributed by atoms with Gasteiger partial charge in [-0.25, -0.2) is 24.1 Å². The van der Waals surface area contributed by atoms with E-state index < -0.39 is 0 Å². The van der Waals surface area contributed by atoms with E-state index in [9.17, 15) is 14.0 Å². The molecule has 2 aromatic heterocycles. The Morgan fingerprint density at radius 2 is 1.74 bits per heavy atom. The van der Waals surface area contributed by atoms with E-state index in [1.54, 1.807) is 40.1 Å². The van der Waals surface area contributed by atoms with Crippen molar-refractivity contribution in [2.24, 2.45) is 0 Å². The van der Waals surface area contributed by atoms with Crippen LogP contribution in [0.2, 0.25) is 5.15 Å². The molecule has 3 aromatic rings. The number of piperazine rings is 1. The maximum atomic E-state index is 13.7. The number of urea groups is 1. The van der Waals surface area contributed by atoms with Crippen LogP contribution in [0.4, 0.5) is 15.0 Å². The Labute approximate surface area is 200 Å². The summed E-state index contributed by atoms with van der Waals surface area (Å²) in [4.78, 5) is 40.7. The molecule has 3 heterocycles. The molecule has 1 aliphatic heterocycles. The van der Waals surface area contributed by atoms with E-state index in [-0.39, 0.29) is 35.3 Å². The lowest BCUT2D eigenvalue weighted by atomic mass is 10.1. The maximum absolute atomic E-state index is 13.7. The number of aromatic nitrogens is 3. The summed E-state index contributed by atoms with van der Waals surface area (Å²) in [5.41, 5.74) is 0.985. The summed E-state index contributed by atoms with van der Waals surface area (Å²) in [7, 11) is 0. The third-order valence-corrected chi connectivity index (χ3v) is 5.57. The smallest absolute Gasteiger partial charge is 0.323 e. The Bertz CT molecular complexity index is 1170. The van der Waals surface area contributed by atoms with Gasteiger partial charge in [0.25, 0.3) is 5.91 Å². The molecule has 3 amide bonds. The molecular formula is C23H22ClFN6O3. The van der Waals surface area contributed by atoms with Crippen LogP contribution in [-0.2, 0) is 6.42 Å². The molecule has 34 heavy (non-hydrogen) atoms. The first-order valence-electron chi connectivity index (χ1n) is 10.7. The molecule has 0 atom stereocenters. The van der Waals surface area contributed by atoms with Crippen LogP contribution >= 0.6 is 11.6 Å². The van der Waals surface area contributed by atoms with Crippen molar-refractivity contribution in [3.05, 3.63) is 77.1 Å². The number of hydrogen-bond acceptors (Lipinski definition) is 6. The van der Waals surface area contributed by atoms with Crippen molar-refractivity contribution < 1.29 is 18.7 Å². The Morgan fingerprint density at radius 3 is 2.50 bits per heavy atom. The minimum absolute atomic E-state index is 0.106.